The third-order valence-electron chi connectivity index (χ3n) is 5.35. The lowest BCUT2D eigenvalue weighted by Gasteiger charge is -2.16. The molecule has 34 heavy (non-hydrogen) atoms. The molecule has 0 fully saturated rings. The minimum absolute atomic E-state index is 0.0597. The highest BCUT2D eigenvalue weighted by Gasteiger charge is 2.16. The molecule has 0 aliphatic carbocycles. The summed E-state index contributed by atoms with van der Waals surface area (Å²) in [6.07, 6.45) is 4.78. The van der Waals surface area contributed by atoms with Gasteiger partial charge in [-0.05, 0) is 61.6 Å². The van der Waals surface area contributed by atoms with Gasteiger partial charge in [-0.15, -0.1) is 0 Å². The smallest absolute Gasteiger partial charge is 0.258 e. The Labute approximate surface area is 199 Å². The molecule has 0 spiro atoms. The summed E-state index contributed by atoms with van der Waals surface area (Å²) in [6, 6.07) is 7.78. The first kappa shape index (κ1) is 25.3. The van der Waals surface area contributed by atoms with Crippen molar-refractivity contribution in [2.24, 2.45) is 10.7 Å². The van der Waals surface area contributed by atoms with E-state index in [2.05, 4.69) is 27.0 Å². The summed E-state index contributed by atoms with van der Waals surface area (Å²) in [7, 11) is 0. The minimum Gasteiger partial charge on any atom is -0.490 e. The number of nitrogens with two attached hydrogens (primary N) is 1. The van der Waals surface area contributed by atoms with Gasteiger partial charge >= 0.3 is 0 Å². The van der Waals surface area contributed by atoms with Gasteiger partial charge in [0.1, 0.15) is 30.9 Å². The summed E-state index contributed by atoms with van der Waals surface area (Å²) in [5.74, 6) is 1.75. The maximum Gasteiger partial charge on any atom is 0.258 e. The molecule has 1 atom stereocenters. The number of aliphatic hydroxyl groups is 2. The summed E-state index contributed by atoms with van der Waals surface area (Å²) in [4.78, 5) is 12.9. The molecule has 182 valence electrons. The van der Waals surface area contributed by atoms with Crippen LogP contribution in [0.25, 0.3) is 22.8 Å². The second-order valence-electron chi connectivity index (χ2n) is 8.15. The number of benzene rings is 1. The predicted octanol–water partition coefficient (Wildman–Crippen LogP) is 3.10. The Morgan fingerprint density at radius 1 is 1.24 bits per heavy atom. The third kappa shape index (κ3) is 6.61. The van der Waals surface area contributed by atoms with Crippen molar-refractivity contribution >= 4 is 5.84 Å². The van der Waals surface area contributed by atoms with Gasteiger partial charge in [0.05, 0.1) is 6.54 Å². The quantitative estimate of drug-likeness (QED) is 0.273. The predicted molar refractivity (Wildman–Crippen MR) is 131 cm³/mol. The fourth-order valence-corrected chi connectivity index (χ4v) is 3.51. The van der Waals surface area contributed by atoms with E-state index in [0.717, 1.165) is 53.6 Å². The lowest BCUT2D eigenvalue weighted by molar-refractivity contribution is 0.113. The number of aromatic nitrogens is 3. The molecule has 3 rings (SSSR count). The van der Waals surface area contributed by atoms with Crippen molar-refractivity contribution in [3.63, 3.8) is 0 Å². The first-order chi connectivity index (χ1) is 16.4. The zero-order valence-electron chi connectivity index (χ0n) is 20.0. The summed E-state index contributed by atoms with van der Waals surface area (Å²) in [6.45, 7) is 5.91. The average molecular weight is 468 g/mol. The SMILES string of the molecule is CCCCc1cc(-c2nc(-c3cc(C)c(OC[C@@H](O)CN=C(N)CO)c(CC)c3)no2)ccn1. The molecule has 3 aromatic rings. The Kier molecular flexibility index (Phi) is 9.12. The van der Waals surface area contributed by atoms with E-state index < -0.39 is 6.10 Å². The largest absolute Gasteiger partial charge is 0.490 e. The molecule has 9 nitrogen and oxygen atoms in total. The van der Waals surface area contributed by atoms with Crippen molar-refractivity contribution in [3.05, 3.63) is 47.3 Å². The molecule has 0 radical (unpaired) electrons. The number of pyridine rings is 1. The molecular formula is C25H33N5O4. The van der Waals surface area contributed by atoms with Crippen molar-refractivity contribution in [2.75, 3.05) is 19.8 Å². The van der Waals surface area contributed by atoms with E-state index in [9.17, 15) is 5.11 Å². The second kappa shape index (κ2) is 12.2. The Hall–Kier alpha value is -3.30. The van der Waals surface area contributed by atoms with E-state index in [4.69, 9.17) is 20.1 Å². The van der Waals surface area contributed by atoms with Gasteiger partial charge in [-0.25, -0.2) is 0 Å². The Balaban J connectivity index is 1.76. The normalized spacial score (nSPS) is 12.7. The Morgan fingerprint density at radius 2 is 2.06 bits per heavy atom. The van der Waals surface area contributed by atoms with Gasteiger partial charge in [-0.1, -0.05) is 25.4 Å². The highest BCUT2D eigenvalue weighted by Crippen LogP contribution is 2.31. The summed E-state index contributed by atoms with van der Waals surface area (Å²) in [5, 5.41) is 23.2. The number of unbranched alkanes of at least 4 members (excludes halogenated alkanes) is 1. The van der Waals surface area contributed by atoms with E-state index >= 15 is 0 Å². The van der Waals surface area contributed by atoms with Crippen molar-refractivity contribution in [2.45, 2.75) is 52.6 Å². The maximum atomic E-state index is 10.1. The third-order valence-corrected chi connectivity index (χ3v) is 5.35. The second-order valence-corrected chi connectivity index (χ2v) is 8.15. The maximum absolute atomic E-state index is 10.1. The Morgan fingerprint density at radius 3 is 2.79 bits per heavy atom. The van der Waals surface area contributed by atoms with Crippen molar-refractivity contribution in [1.82, 2.24) is 15.1 Å². The molecule has 4 N–H and O–H groups in total. The van der Waals surface area contributed by atoms with Gasteiger partial charge in [0.25, 0.3) is 5.89 Å². The van der Waals surface area contributed by atoms with E-state index in [0.29, 0.717) is 17.5 Å². The van der Waals surface area contributed by atoms with E-state index in [1.807, 2.05) is 38.1 Å². The summed E-state index contributed by atoms with van der Waals surface area (Å²) in [5.41, 5.74) is 10.0. The molecule has 0 unspecified atom stereocenters. The molecule has 0 amide bonds. The van der Waals surface area contributed by atoms with Gasteiger partial charge in [-0.3, -0.25) is 9.98 Å². The van der Waals surface area contributed by atoms with Crippen LogP contribution in [0.4, 0.5) is 0 Å². The van der Waals surface area contributed by atoms with Crippen molar-refractivity contribution < 1.29 is 19.5 Å². The molecular weight excluding hydrogens is 434 g/mol. The lowest BCUT2D eigenvalue weighted by atomic mass is 10.0. The molecule has 0 saturated heterocycles. The van der Waals surface area contributed by atoms with Crippen LogP contribution < -0.4 is 10.5 Å². The van der Waals surface area contributed by atoms with E-state index in [1.54, 1.807) is 6.20 Å². The van der Waals surface area contributed by atoms with Crippen molar-refractivity contribution in [1.29, 1.82) is 0 Å². The minimum atomic E-state index is -0.837. The van der Waals surface area contributed by atoms with Gasteiger partial charge in [0, 0.05) is 23.0 Å². The van der Waals surface area contributed by atoms with E-state index in [1.165, 1.54) is 0 Å². The fourth-order valence-electron chi connectivity index (χ4n) is 3.51. The lowest BCUT2D eigenvalue weighted by Crippen LogP contribution is -2.25. The molecule has 9 heteroatoms. The van der Waals surface area contributed by atoms with Gasteiger partial charge in [-0.2, -0.15) is 4.98 Å². The van der Waals surface area contributed by atoms with E-state index in [-0.39, 0.29) is 25.6 Å². The molecule has 2 aromatic heterocycles. The zero-order valence-corrected chi connectivity index (χ0v) is 20.0. The monoisotopic (exact) mass is 467 g/mol. The highest BCUT2D eigenvalue weighted by molar-refractivity contribution is 5.81. The average Bonchev–Trinajstić information content (AvgIpc) is 3.35. The number of rotatable bonds is 12. The van der Waals surface area contributed by atoms with Crippen LogP contribution in [0.3, 0.4) is 0 Å². The van der Waals surface area contributed by atoms with Crippen LogP contribution >= 0.6 is 0 Å². The number of aliphatic imine (C=N–C) groups is 1. The van der Waals surface area contributed by atoms with Crippen LogP contribution in [0.15, 0.2) is 40.0 Å². The fraction of sp³-hybridized carbons (Fsp3) is 0.440. The highest BCUT2D eigenvalue weighted by atomic mass is 16.5. The standard InChI is InChI=1S/C25H33N5O4/c1-4-6-7-20-12-18(8-9-27-20)25-29-24(30-34-25)19-10-16(3)23(17(5-2)11-19)33-15-21(32)13-28-22(26)14-31/h8-12,21,31-32H,4-7,13-15H2,1-3H3,(H2,26,28)/t21-/m0/s1. The summed E-state index contributed by atoms with van der Waals surface area (Å²) < 4.78 is 11.5. The first-order valence-corrected chi connectivity index (χ1v) is 11.6. The molecule has 0 saturated carbocycles. The topological polar surface area (TPSA) is 140 Å². The first-order valence-electron chi connectivity index (χ1n) is 11.6. The Bertz CT molecular complexity index is 1110. The van der Waals surface area contributed by atoms with Crippen LogP contribution in [-0.4, -0.2) is 57.0 Å². The van der Waals surface area contributed by atoms with Crippen LogP contribution in [0.1, 0.15) is 43.5 Å². The van der Waals surface area contributed by atoms with Crippen molar-refractivity contribution in [3.8, 4) is 28.6 Å². The molecule has 0 aliphatic rings. The number of hydrogen-bond acceptors (Lipinski definition) is 8. The van der Waals surface area contributed by atoms with Crippen LogP contribution in [-0.2, 0) is 12.8 Å². The number of aryl methyl sites for hydroxylation is 3. The molecule has 0 aliphatic heterocycles. The summed E-state index contributed by atoms with van der Waals surface area (Å²) >= 11 is 0. The molecule has 1 aromatic carbocycles. The van der Waals surface area contributed by atoms with Gasteiger partial charge < -0.3 is 25.2 Å². The van der Waals surface area contributed by atoms with Crippen LogP contribution in [0.5, 0.6) is 5.75 Å². The van der Waals surface area contributed by atoms with Crippen LogP contribution in [0.2, 0.25) is 0 Å². The number of hydrogen-bond donors (Lipinski definition) is 3. The van der Waals surface area contributed by atoms with Crippen LogP contribution in [0, 0.1) is 6.92 Å². The zero-order chi connectivity index (χ0) is 24.5. The number of aliphatic hydroxyl groups excluding tert-OH is 2. The number of nitrogens with zero attached hydrogens (tertiary/aromatic N) is 4. The molecule has 0 bridgehead atoms. The number of amidine groups is 1. The molecule has 2 heterocycles. The van der Waals surface area contributed by atoms with Gasteiger partial charge in [0.15, 0.2) is 0 Å². The van der Waals surface area contributed by atoms with Gasteiger partial charge in [0.2, 0.25) is 5.82 Å². The number of ether oxygens (including phenoxy) is 1.